The van der Waals surface area contributed by atoms with Gasteiger partial charge in [-0.2, -0.15) is 0 Å². The van der Waals surface area contributed by atoms with Crippen molar-refractivity contribution in [3.63, 3.8) is 0 Å². The Labute approximate surface area is 145 Å². The van der Waals surface area contributed by atoms with E-state index in [1.165, 1.54) is 0 Å². The van der Waals surface area contributed by atoms with E-state index in [4.69, 9.17) is 11.6 Å². The van der Waals surface area contributed by atoms with Gasteiger partial charge < -0.3 is 10.0 Å². The van der Waals surface area contributed by atoms with E-state index in [1.807, 2.05) is 43.3 Å². The predicted molar refractivity (Wildman–Crippen MR) is 92.4 cm³/mol. The third-order valence-electron chi connectivity index (χ3n) is 4.57. The molecule has 0 saturated carbocycles. The first-order valence-corrected chi connectivity index (χ1v) is 8.19. The first-order chi connectivity index (χ1) is 11.5. The summed E-state index contributed by atoms with van der Waals surface area (Å²) in [5, 5.41) is 9.98. The van der Waals surface area contributed by atoms with E-state index in [0.717, 1.165) is 11.1 Å². The number of hydrogen-bond donors (Lipinski definition) is 1. The largest absolute Gasteiger partial charge is 0.481 e. The van der Waals surface area contributed by atoms with Gasteiger partial charge in [-0.05, 0) is 24.1 Å². The highest BCUT2D eigenvalue weighted by molar-refractivity contribution is 6.34. The predicted octanol–water partition coefficient (Wildman–Crippen LogP) is 3.59. The Morgan fingerprint density at radius 3 is 2.46 bits per heavy atom. The zero-order chi connectivity index (χ0) is 17.3. The number of likely N-dealkylation sites (tertiary alicyclic amines) is 1. The Kier molecular flexibility index (Phi) is 4.58. The van der Waals surface area contributed by atoms with Gasteiger partial charge in [0, 0.05) is 19.0 Å². The lowest BCUT2D eigenvalue weighted by atomic mass is 9.89. The highest BCUT2D eigenvalue weighted by Crippen LogP contribution is 2.34. The normalized spacial score (nSPS) is 20.2. The van der Waals surface area contributed by atoms with Crippen LogP contribution in [0.1, 0.15) is 27.4 Å². The van der Waals surface area contributed by atoms with Crippen LogP contribution in [0.15, 0.2) is 48.5 Å². The molecule has 1 N–H and O–H groups in total. The number of hydrogen-bond acceptors (Lipinski definition) is 2. The molecule has 0 bridgehead atoms. The van der Waals surface area contributed by atoms with Crippen molar-refractivity contribution >= 4 is 23.5 Å². The Balaban J connectivity index is 1.89. The molecule has 1 fully saturated rings. The Morgan fingerprint density at radius 2 is 1.79 bits per heavy atom. The molecule has 1 aliphatic rings. The maximum atomic E-state index is 12.8. The first kappa shape index (κ1) is 16.5. The molecule has 124 valence electrons. The van der Waals surface area contributed by atoms with Gasteiger partial charge in [-0.15, -0.1) is 0 Å². The summed E-state index contributed by atoms with van der Waals surface area (Å²) in [4.78, 5) is 26.1. The fourth-order valence-electron chi connectivity index (χ4n) is 3.24. The van der Waals surface area contributed by atoms with Crippen LogP contribution in [0.25, 0.3) is 0 Å². The highest BCUT2D eigenvalue weighted by Gasteiger charge is 2.40. The van der Waals surface area contributed by atoms with Crippen LogP contribution in [0.4, 0.5) is 0 Å². The second-order valence-electron chi connectivity index (χ2n) is 6.11. The maximum Gasteiger partial charge on any atom is 0.308 e. The molecule has 3 rings (SSSR count). The van der Waals surface area contributed by atoms with Gasteiger partial charge >= 0.3 is 5.97 Å². The van der Waals surface area contributed by atoms with Crippen LogP contribution in [-0.2, 0) is 4.79 Å². The smallest absolute Gasteiger partial charge is 0.308 e. The summed E-state index contributed by atoms with van der Waals surface area (Å²) >= 11 is 6.26. The van der Waals surface area contributed by atoms with Crippen LogP contribution >= 0.6 is 11.6 Å². The van der Waals surface area contributed by atoms with Crippen LogP contribution in [0.5, 0.6) is 0 Å². The number of carboxylic acids is 1. The SMILES string of the molecule is Cc1cccc(C(=O)N2CC(C(=O)O)C(c3ccccc3)C2)c1Cl. The summed E-state index contributed by atoms with van der Waals surface area (Å²) in [6, 6.07) is 14.8. The molecule has 0 spiro atoms. The third kappa shape index (κ3) is 3.02. The monoisotopic (exact) mass is 343 g/mol. The second-order valence-corrected chi connectivity index (χ2v) is 6.49. The average molecular weight is 344 g/mol. The van der Waals surface area contributed by atoms with Crippen molar-refractivity contribution in [3.8, 4) is 0 Å². The molecule has 2 aromatic carbocycles. The molecule has 1 heterocycles. The van der Waals surface area contributed by atoms with Gasteiger partial charge in [0.1, 0.15) is 0 Å². The number of aliphatic carboxylic acids is 1. The molecule has 0 aromatic heterocycles. The number of amides is 1. The molecule has 0 radical (unpaired) electrons. The summed E-state index contributed by atoms with van der Waals surface area (Å²) in [6.07, 6.45) is 0. The number of halogens is 1. The fourth-order valence-corrected chi connectivity index (χ4v) is 3.45. The zero-order valence-electron chi connectivity index (χ0n) is 13.3. The average Bonchev–Trinajstić information content (AvgIpc) is 3.03. The van der Waals surface area contributed by atoms with Gasteiger partial charge in [0.25, 0.3) is 5.91 Å². The molecule has 5 heteroatoms. The number of nitrogens with zero attached hydrogens (tertiary/aromatic N) is 1. The molecule has 0 aliphatic carbocycles. The van der Waals surface area contributed by atoms with Gasteiger partial charge in [-0.25, -0.2) is 0 Å². The van der Waals surface area contributed by atoms with E-state index in [0.29, 0.717) is 17.1 Å². The molecule has 2 aromatic rings. The number of carbonyl (C=O) groups is 2. The number of benzene rings is 2. The van der Waals surface area contributed by atoms with Crippen LogP contribution in [0.2, 0.25) is 5.02 Å². The van der Waals surface area contributed by atoms with E-state index >= 15 is 0 Å². The quantitative estimate of drug-likeness (QED) is 0.926. The van der Waals surface area contributed by atoms with Crippen molar-refractivity contribution < 1.29 is 14.7 Å². The topological polar surface area (TPSA) is 57.6 Å². The van der Waals surface area contributed by atoms with Crippen molar-refractivity contribution in [2.24, 2.45) is 5.92 Å². The lowest BCUT2D eigenvalue weighted by Gasteiger charge is -2.18. The minimum atomic E-state index is -0.880. The minimum Gasteiger partial charge on any atom is -0.481 e. The summed E-state index contributed by atoms with van der Waals surface area (Å²) in [5.41, 5.74) is 2.20. The van der Waals surface area contributed by atoms with Crippen molar-refractivity contribution in [2.45, 2.75) is 12.8 Å². The summed E-state index contributed by atoms with van der Waals surface area (Å²) in [7, 11) is 0. The molecule has 1 saturated heterocycles. The standard InChI is InChI=1S/C19H18ClNO3/c1-12-6-5-9-14(17(12)20)18(22)21-10-15(16(11-21)19(23)24)13-7-3-2-4-8-13/h2-9,15-16H,10-11H2,1H3,(H,23,24). The van der Waals surface area contributed by atoms with Gasteiger partial charge in [0.15, 0.2) is 0 Å². The maximum absolute atomic E-state index is 12.8. The molecular weight excluding hydrogens is 326 g/mol. The zero-order valence-corrected chi connectivity index (χ0v) is 14.0. The van der Waals surface area contributed by atoms with Crippen molar-refractivity contribution in [3.05, 3.63) is 70.2 Å². The second kappa shape index (κ2) is 6.65. The van der Waals surface area contributed by atoms with Gasteiger partial charge in [-0.3, -0.25) is 9.59 Å². The van der Waals surface area contributed by atoms with Crippen molar-refractivity contribution in [1.82, 2.24) is 4.90 Å². The Morgan fingerprint density at radius 1 is 1.08 bits per heavy atom. The lowest BCUT2D eigenvalue weighted by Crippen LogP contribution is -2.30. The molecule has 2 unspecified atom stereocenters. The van der Waals surface area contributed by atoms with Gasteiger partial charge in [0.05, 0.1) is 16.5 Å². The van der Waals surface area contributed by atoms with Crippen LogP contribution in [0, 0.1) is 12.8 Å². The van der Waals surface area contributed by atoms with Crippen LogP contribution in [0.3, 0.4) is 0 Å². The lowest BCUT2D eigenvalue weighted by molar-refractivity contribution is -0.141. The van der Waals surface area contributed by atoms with E-state index in [1.54, 1.807) is 17.0 Å². The van der Waals surface area contributed by atoms with Crippen molar-refractivity contribution in [2.75, 3.05) is 13.1 Å². The summed E-state index contributed by atoms with van der Waals surface area (Å²) in [6.45, 7) is 2.41. The van der Waals surface area contributed by atoms with E-state index in [-0.39, 0.29) is 18.4 Å². The van der Waals surface area contributed by atoms with E-state index in [2.05, 4.69) is 0 Å². The summed E-state index contributed by atoms with van der Waals surface area (Å²) < 4.78 is 0. The summed E-state index contributed by atoms with van der Waals surface area (Å²) in [5.74, 6) is -1.92. The highest BCUT2D eigenvalue weighted by atomic mass is 35.5. The number of carboxylic acid groups (broad SMARTS) is 1. The number of aryl methyl sites for hydroxylation is 1. The fraction of sp³-hybridized carbons (Fsp3) is 0.263. The minimum absolute atomic E-state index is 0.192. The van der Waals surface area contributed by atoms with Crippen LogP contribution in [-0.4, -0.2) is 35.0 Å². The number of carbonyl (C=O) groups excluding carboxylic acids is 1. The van der Waals surface area contributed by atoms with Crippen LogP contribution < -0.4 is 0 Å². The van der Waals surface area contributed by atoms with Gasteiger partial charge in [-0.1, -0.05) is 54.1 Å². The van der Waals surface area contributed by atoms with Crippen molar-refractivity contribution in [1.29, 1.82) is 0 Å². The number of rotatable bonds is 3. The molecule has 1 amide bonds. The molecule has 4 nitrogen and oxygen atoms in total. The van der Waals surface area contributed by atoms with E-state index in [9.17, 15) is 14.7 Å². The third-order valence-corrected chi connectivity index (χ3v) is 5.08. The molecule has 2 atom stereocenters. The van der Waals surface area contributed by atoms with E-state index < -0.39 is 11.9 Å². The Bertz CT molecular complexity index is 775. The Hall–Kier alpha value is -2.33. The molecular formula is C19H18ClNO3. The molecule has 24 heavy (non-hydrogen) atoms. The molecule has 1 aliphatic heterocycles. The first-order valence-electron chi connectivity index (χ1n) is 7.81. The van der Waals surface area contributed by atoms with Gasteiger partial charge in [0.2, 0.25) is 0 Å².